The molecule has 4 rings (SSSR count). The van der Waals surface area contributed by atoms with Gasteiger partial charge in [-0.2, -0.15) is 0 Å². The Kier molecular flexibility index (Phi) is 5.94. The molecule has 0 spiro atoms. The van der Waals surface area contributed by atoms with Crippen LogP contribution < -0.4 is 5.32 Å². The summed E-state index contributed by atoms with van der Waals surface area (Å²) in [6, 6.07) is 7.55. The predicted molar refractivity (Wildman–Crippen MR) is 114 cm³/mol. The number of piperidine rings is 1. The minimum Gasteiger partial charge on any atom is -0.459 e. The lowest BCUT2D eigenvalue weighted by Crippen LogP contribution is -2.42. The molecule has 0 radical (unpaired) electrons. The zero-order valence-electron chi connectivity index (χ0n) is 17.1. The van der Waals surface area contributed by atoms with Gasteiger partial charge in [-0.05, 0) is 50.5 Å². The van der Waals surface area contributed by atoms with Crippen molar-refractivity contribution in [2.45, 2.75) is 33.2 Å². The largest absolute Gasteiger partial charge is 0.459 e. The lowest BCUT2D eigenvalue weighted by atomic mass is 9.95. The molecule has 4 heterocycles. The molecule has 1 fully saturated rings. The highest BCUT2D eigenvalue weighted by atomic mass is 32.1. The number of thiazole rings is 1. The van der Waals surface area contributed by atoms with Crippen molar-refractivity contribution in [1.29, 1.82) is 0 Å². The zero-order chi connectivity index (χ0) is 21.1. The van der Waals surface area contributed by atoms with Gasteiger partial charge in [0.1, 0.15) is 10.6 Å². The molecular weight excluding hydrogens is 400 g/mol. The van der Waals surface area contributed by atoms with Gasteiger partial charge in [-0.1, -0.05) is 6.07 Å². The second-order valence-corrected chi connectivity index (χ2v) is 8.49. The number of hydrogen-bond acceptors (Lipinski definition) is 6. The molecule has 0 bridgehead atoms. The maximum absolute atomic E-state index is 13.0. The van der Waals surface area contributed by atoms with Crippen LogP contribution >= 0.6 is 11.3 Å². The van der Waals surface area contributed by atoms with Gasteiger partial charge in [-0.3, -0.25) is 14.6 Å². The van der Waals surface area contributed by atoms with Gasteiger partial charge in [0.05, 0.1) is 5.69 Å². The van der Waals surface area contributed by atoms with E-state index in [-0.39, 0.29) is 17.7 Å². The van der Waals surface area contributed by atoms with E-state index >= 15 is 0 Å². The molecule has 3 aromatic rings. The van der Waals surface area contributed by atoms with Crippen LogP contribution in [0.2, 0.25) is 0 Å². The summed E-state index contributed by atoms with van der Waals surface area (Å²) in [5, 5.41) is 3.69. The third-order valence-corrected chi connectivity index (χ3v) is 6.44. The number of rotatable bonds is 5. The highest BCUT2D eigenvalue weighted by Gasteiger charge is 2.29. The molecule has 2 amide bonds. The van der Waals surface area contributed by atoms with E-state index in [1.54, 1.807) is 12.4 Å². The van der Waals surface area contributed by atoms with E-state index in [1.165, 1.54) is 11.3 Å². The van der Waals surface area contributed by atoms with E-state index in [0.29, 0.717) is 53.8 Å². The molecule has 1 saturated heterocycles. The van der Waals surface area contributed by atoms with Gasteiger partial charge < -0.3 is 14.6 Å². The SMILES string of the molecule is Cc1ccc(-c2nc(C)c(C(=O)N3CCC(C(=O)NCc4cccnc4)CC3)s2)o1. The van der Waals surface area contributed by atoms with E-state index in [9.17, 15) is 9.59 Å². The average Bonchev–Trinajstić information content (AvgIpc) is 3.38. The summed E-state index contributed by atoms with van der Waals surface area (Å²) in [6.07, 6.45) is 4.78. The fourth-order valence-electron chi connectivity index (χ4n) is 3.57. The number of pyridine rings is 1. The fourth-order valence-corrected chi connectivity index (χ4v) is 4.57. The number of carbonyl (C=O) groups excluding carboxylic acids is 2. The normalized spacial score (nSPS) is 14.7. The zero-order valence-corrected chi connectivity index (χ0v) is 17.9. The van der Waals surface area contributed by atoms with Gasteiger partial charge in [0, 0.05) is 37.9 Å². The molecule has 0 unspecified atom stereocenters. The molecule has 0 atom stereocenters. The molecular formula is C22H24N4O3S. The summed E-state index contributed by atoms with van der Waals surface area (Å²) in [5.41, 5.74) is 1.69. The van der Waals surface area contributed by atoms with Gasteiger partial charge in [0.25, 0.3) is 5.91 Å². The Morgan fingerprint density at radius 2 is 2.03 bits per heavy atom. The topological polar surface area (TPSA) is 88.3 Å². The number of likely N-dealkylation sites (tertiary alicyclic amines) is 1. The number of nitrogens with one attached hydrogen (secondary N) is 1. The number of nitrogens with zero attached hydrogens (tertiary/aromatic N) is 3. The third kappa shape index (κ3) is 4.43. The number of aryl methyl sites for hydroxylation is 2. The second kappa shape index (κ2) is 8.79. The molecule has 1 aliphatic heterocycles. The highest BCUT2D eigenvalue weighted by molar-refractivity contribution is 7.17. The Morgan fingerprint density at radius 3 is 2.70 bits per heavy atom. The standard InChI is InChI=1S/C22H24N4O3S/c1-14-5-6-18(29-14)21-25-15(2)19(30-21)22(28)26-10-7-17(8-11-26)20(27)24-13-16-4-3-9-23-12-16/h3-6,9,12,17H,7-8,10-11,13H2,1-2H3,(H,24,27). The van der Waals surface area contributed by atoms with Crippen LogP contribution in [0.4, 0.5) is 0 Å². The molecule has 0 saturated carbocycles. The molecule has 8 heteroatoms. The Morgan fingerprint density at radius 1 is 1.23 bits per heavy atom. The van der Waals surface area contributed by atoms with Gasteiger partial charge in [-0.25, -0.2) is 4.98 Å². The van der Waals surface area contributed by atoms with Crippen molar-refractivity contribution in [2.75, 3.05) is 13.1 Å². The second-order valence-electron chi connectivity index (χ2n) is 7.49. The van der Waals surface area contributed by atoms with Crippen molar-refractivity contribution in [3.63, 3.8) is 0 Å². The van der Waals surface area contributed by atoms with E-state index in [0.717, 1.165) is 11.3 Å². The molecule has 1 aliphatic rings. The fraction of sp³-hybridized carbons (Fsp3) is 0.364. The summed E-state index contributed by atoms with van der Waals surface area (Å²) in [5.74, 6) is 1.44. The summed E-state index contributed by atoms with van der Waals surface area (Å²) in [7, 11) is 0. The number of furan rings is 1. The van der Waals surface area contributed by atoms with E-state index < -0.39 is 0 Å². The van der Waals surface area contributed by atoms with Crippen LogP contribution in [0.3, 0.4) is 0 Å². The Balaban J connectivity index is 1.33. The first-order valence-corrected chi connectivity index (χ1v) is 10.8. The van der Waals surface area contributed by atoms with E-state index in [4.69, 9.17) is 4.42 Å². The monoisotopic (exact) mass is 424 g/mol. The predicted octanol–water partition coefficient (Wildman–Crippen LogP) is 3.58. The number of hydrogen-bond donors (Lipinski definition) is 1. The van der Waals surface area contributed by atoms with Crippen LogP contribution in [-0.4, -0.2) is 39.8 Å². The molecule has 1 N–H and O–H groups in total. The van der Waals surface area contributed by atoms with Crippen LogP contribution in [-0.2, 0) is 11.3 Å². The minimum absolute atomic E-state index is 0.0197. The highest BCUT2D eigenvalue weighted by Crippen LogP contribution is 2.31. The maximum Gasteiger partial charge on any atom is 0.265 e. The van der Waals surface area contributed by atoms with Crippen LogP contribution in [0.25, 0.3) is 10.8 Å². The van der Waals surface area contributed by atoms with Gasteiger partial charge in [-0.15, -0.1) is 11.3 Å². The molecule has 156 valence electrons. The lowest BCUT2D eigenvalue weighted by molar-refractivity contribution is -0.126. The van der Waals surface area contributed by atoms with Crippen molar-refractivity contribution in [2.24, 2.45) is 5.92 Å². The van der Waals surface area contributed by atoms with Crippen LogP contribution in [0.5, 0.6) is 0 Å². The van der Waals surface area contributed by atoms with E-state index in [2.05, 4.69) is 15.3 Å². The smallest absolute Gasteiger partial charge is 0.265 e. The first-order chi connectivity index (χ1) is 14.5. The van der Waals surface area contributed by atoms with Gasteiger partial charge in [0.15, 0.2) is 10.8 Å². The van der Waals surface area contributed by atoms with Gasteiger partial charge in [0.2, 0.25) is 5.91 Å². The van der Waals surface area contributed by atoms with Crippen LogP contribution in [0.15, 0.2) is 41.1 Å². The first-order valence-electron chi connectivity index (χ1n) is 10.0. The lowest BCUT2D eigenvalue weighted by Gasteiger charge is -2.31. The van der Waals surface area contributed by atoms with E-state index in [1.807, 2.05) is 43.0 Å². The number of carbonyl (C=O) groups is 2. The summed E-state index contributed by atoms with van der Waals surface area (Å²) < 4.78 is 5.63. The van der Waals surface area contributed by atoms with Crippen LogP contribution in [0, 0.1) is 19.8 Å². The van der Waals surface area contributed by atoms with Crippen molar-refractivity contribution < 1.29 is 14.0 Å². The van der Waals surface area contributed by atoms with Crippen molar-refractivity contribution in [3.8, 4) is 10.8 Å². The molecule has 3 aromatic heterocycles. The molecule has 30 heavy (non-hydrogen) atoms. The first kappa shape index (κ1) is 20.3. The quantitative estimate of drug-likeness (QED) is 0.676. The Labute approximate surface area is 179 Å². The average molecular weight is 425 g/mol. The Hall–Kier alpha value is -3.00. The van der Waals surface area contributed by atoms with Crippen molar-refractivity contribution in [3.05, 3.63) is 58.6 Å². The Bertz CT molecular complexity index is 1040. The number of amides is 2. The molecule has 7 nitrogen and oxygen atoms in total. The summed E-state index contributed by atoms with van der Waals surface area (Å²) >= 11 is 1.36. The number of aromatic nitrogens is 2. The molecule has 0 aromatic carbocycles. The summed E-state index contributed by atoms with van der Waals surface area (Å²) in [6.45, 7) is 5.34. The maximum atomic E-state index is 13.0. The van der Waals surface area contributed by atoms with Crippen molar-refractivity contribution in [1.82, 2.24) is 20.2 Å². The molecule has 0 aliphatic carbocycles. The van der Waals surface area contributed by atoms with Crippen molar-refractivity contribution >= 4 is 23.2 Å². The van der Waals surface area contributed by atoms with Gasteiger partial charge >= 0.3 is 0 Å². The third-order valence-electron chi connectivity index (χ3n) is 5.28. The minimum atomic E-state index is -0.0741. The van der Waals surface area contributed by atoms with Crippen LogP contribution in [0.1, 0.15) is 39.5 Å². The summed E-state index contributed by atoms with van der Waals surface area (Å²) in [4.78, 5) is 36.5.